The van der Waals surface area contributed by atoms with E-state index in [0.29, 0.717) is 12.3 Å². The third-order valence-electron chi connectivity index (χ3n) is 2.36. The van der Waals surface area contributed by atoms with E-state index in [1.807, 2.05) is 36.4 Å². The highest BCUT2D eigenvalue weighted by Crippen LogP contribution is 2.33. The first-order chi connectivity index (χ1) is 8.58. The highest BCUT2D eigenvalue weighted by molar-refractivity contribution is 9.11. The summed E-state index contributed by atoms with van der Waals surface area (Å²) in [6, 6.07) is 11.6. The number of nitrogens with two attached hydrogens (primary N) is 1. The van der Waals surface area contributed by atoms with E-state index in [0.717, 1.165) is 24.7 Å². The lowest BCUT2D eigenvalue weighted by Crippen LogP contribution is -1.98. The summed E-state index contributed by atoms with van der Waals surface area (Å²) < 4.78 is 8.52. The number of ether oxygens (including phenoxy) is 1. The summed E-state index contributed by atoms with van der Waals surface area (Å²) in [6.07, 6.45) is 0. The smallest absolute Gasteiger partial charge is 0.148 e. The summed E-state index contributed by atoms with van der Waals surface area (Å²) in [6.45, 7) is 0.471. The molecule has 0 saturated carbocycles. The van der Waals surface area contributed by atoms with Crippen LogP contribution in [0.2, 0.25) is 0 Å². The Bertz CT molecular complexity index is 552. The van der Waals surface area contributed by atoms with Crippen molar-refractivity contribution in [2.24, 2.45) is 0 Å². The molecule has 2 aromatic carbocycles. The number of rotatable bonds is 3. The average molecular weight is 436 g/mol. The first-order valence-corrected chi connectivity index (χ1v) is 7.56. The number of hydrogen-bond acceptors (Lipinski definition) is 2. The van der Waals surface area contributed by atoms with Gasteiger partial charge >= 0.3 is 0 Å². The number of para-hydroxylation sites is 1. The van der Waals surface area contributed by atoms with Crippen LogP contribution in [-0.2, 0) is 6.61 Å². The minimum Gasteiger partial charge on any atom is -0.487 e. The Morgan fingerprint density at radius 2 is 1.61 bits per heavy atom. The Kier molecular flexibility index (Phi) is 4.70. The maximum atomic E-state index is 5.83. The molecule has 0 unspecified atom stereocenters. The van der Waals surface area contributed by atoms with E-state index >= 15 is 0 Å². The molecular weight excluding hydrogens is 426 g/mol. The van der Waals surface area contributed by atoms with Gasteiger partial charge in [-0.15, -0.1) is 0 Å². The van der Waals surface area contributed by atoms with Crippen LogP contribution in [-0.4, -0.2) is 0 Å². The van der Waals surface area contributed by atoms with Crippen molar-refractivity contribution in [2.75, 3.05) is 5.73 Å². The highest BCUT2D eigenvalue weighted by Gasteiger charge is 2.06. The van der Waals surface area contributed by atoms with E-state index in [9.17, 15) is 0 Å². The molecule has 0 saturated heterocycles. The Morgan fingerprint density at radius 3 is 2.22 bits per heavy atom. The zero-order chi connectivity index (χ0) is 13.1. The lowest BCUT2D eigenvalue weighted by molar-refractivity contribution is 0.302. The van der Waals surface area contributed by atoms with Crippen molar-refractivity contribution in [3.63, 3.8) is 0 Å². The van der Waals surface area contributed by atoms with Crippen LogP contribution >= 0.6 is 47.8 Å². The van der Waals surface area contributed by atoms with Crippen LogP contribution < -0.4 is 10.5 Å². The fraction of sp³-hybridized carbons (Fsp3) is 0.0769. The molecule has 0 spiro atoms. The Morgan fingerprint density at radius 1 is 0.944 bits per heavy atom. The second-order valence-electron chi connectivity index (χ2n) is 3.70. The average Bonchev–Trinajstić information content (AvgIpc) is 2.33. The third kappa shape index (κ3) is 3.28. The second-order valence-corrected chi connectivity index (χ2v) is 6.26. The van der Waals surface area contributed by atoms with Gasteiger partial charge in [-0.2, -0.15) is 0 Å². The molecule has 0 aliphatic carbocycles. The molecule has 0 bridgehead atoms. The van der Waals surface area contributed by atoms with E-state index in [2.05, 4.69) is 47.8 Å². The molecule has 0 fully saturated rings. The molecule has 0 atom stereocenters. The van der Waals surface area contributed by atoms with Crippen LogP contribution in [0, 0.1) is 0 Å². The van der Waals surface area contributed by atoms with Gasteiger partial charge < -0.3 is 10.5 Å². The number of halogens is 3. The van der Waals surface area contributed by atoms with E-state index in [4.69, 9.17) is 10.5 Å². The van der Waals surface area contributed by atoms with Gasteiger partial charge in [-0.05, 0) is 77.6 Å². The second kappa shape index (κ2) is 6.08. The summed E-state index contributed by atoms with van der Waals surface area (Å²) >= 11 is 10.3. The van der Waals surface area contributed by atoms with Crippen LogP contribution in [0.4, 0.5) is 5.69 Å². The predicted molar refractivity (Wildman–Crippen MR) is 84.7 cm³/mol. The maximum Gasteiger partial charge on any atom is 0.148 e. The van der Waals surface area contributed by atoms with Gasteiger partial charge in [-0.3, -0.25) is 0 Å². The zero-order valence-electron chi connectivity index (χ0n) is 9.29. The van der Waals surface area contributed by atoms with Crippen molar-refractivity contribution in [1.82, 2.24) is 0 Å². The van der Waals surface area contributed by atoms with Gasteiger partial charge in [0.05, 0.1) is 8.95 Å². The number of anilines is 1. The molecule has 0 aliphatic heterocycles. The number of hydrogen-bond donors (Lipinski definition) is 1. The monoisotopic (exact) mass is 433 g/mol. The molecule has 2 rings (SSSR count). The van der Waals surface area contributed by atoms with E-state index in [-0.39, 0.29) is 0 Å². The molecule has 0 aromatic heterocycles. The molecule has 2 nitrogen and oxygen atoms in total. The molecule has 18 heavy (non-hydrogen) atoms. The highest BCUT2D eigenvalue weighted by atomic mass is 79.9. The van der Waals surface area contributed by atoms with Crippen molar-refractivity contribution >= 4 is 53.5 Å². The van der Waals surface area contributed by atoms with Gasteiger partial charge in [0.15, 0.2) is 0 Å². The molecule has 0 amide bonds. The van der Waals surface area contributed by atoms with Crippen molar-refractivity contribution in [2.45, 2.75) is 6.61 Å². The van der Waals surface area contributed by atoms with E-state index in [1.165, 1.54) is 0 Å². The van der Waals surface area contributed by atoms with Gasteiger partial charge in [0, 0.05) is 10.2 Å². The van der Waals surface area contributed by atoms with Crippen LogP contribution in [0.5, 0.6) is 5.75 Å². The Balaban J connectivity index is 2.14. The first kappa shape index (κ1) is 13.9. The fourth-order valence-electron chi connectivity index (χ4n) is 1.46. The van der Waals surface area contributed by atoms with Crippen LogP contribution in [0.15, 0.2) is 49.8 Å². The maximum absolute atomic E-state index is 5.83. The molecule has 2 aromatic rings. The molecule has 5 heteroatoms. The van der Waals surface area contributed by atoms with Gasteiger partial charge in [0.2, 0.25) is 0 Å². The minimum absolute atomic E-state index is 0.471. The minimum atomic E-state index is 0.471. The van der Waals surface area contributed by atoms with Gasteiger partial charge in [0.1, 0.15) is 12.4 Å². The summed E-state index contributed by atoms with van der Waals surface area (Å²) in [5.74, 6) is 0.791. The van der Waals surface area contributed by atoms with Crippen LogP contribution in [0.1, 0.15) is 5.56 Å². The van der Waals surface area contributed by atoms with Gasteiger partial charge in [-0.25, -0.2) is 0 Å². The molecule has 2 N–H and O–H groups in total. The van der Waals surface area contributed by atoms with Crippen molar-refractivity contribution in [3.8, 4) is 5.75 Å². The topological polar surface area (TPSA) is 35.2 Å². The van der Waals surface area contributed by atoms with Crippen LogP contribution in [0.25, 0.3) is 0 Å². The fourth-order valence-corrected chi connectivity index (χ4v) is 2.93. The molecule has 0 radical (unpaired) electrons. The summed E-state index contributed by atoms with van der Waals surface area (Å²) in [7, 11) is 0. The van der Waals surface area contributed by atoms with Crippen molar-refractivity contribution < 1.29 is 4.74 Å². The number of nitrogen functional groups attached to an aromatic ring is 1. The Labute approximate surface area is 131 Å². The predicted octanol–water partition coefficient (Wildman–Crippen LogP) is 5.14. The van der Waals surface area contributed by atoms with E-state index < -0.39 is 0 Å². The lowest BCUT2D eigenvalue weighted by Gasteiger charge is -2.10. The van der Waals surface area contributed by atoms with Gasteiger partial charge in [-0.1, -0.05) is 12.1 Å². The molecule has 94 valence electrons. The Hall–Kier alpha value is -0.520. The van der Waals surface area contributed by atoms with Crippen LogP contribution in [0.3, 0.4) is 0 Å². The standard InChI is InChI=1S/C13H10Br3NO/c14-9-5-4-8(6-12(9)17)7-18-13-10(15)2-1-3-11(13)16/h1-6H,7,17H2. The lowest BCUT2D eigenvalue weighted by atomic mass is 10.2. The SMILES string of the molecule is Nc1cc(COc2c(Br)cccc2Br)ccc1Br. The van der Waals surface area contributed by atoms with Crippen molar-refractivity contribution in [3.05, 3.63) is 55.4 Å². The normalized spacial score (nSPS) is 10.4. The summed E-state index contributed by atoms with van der Waals surface area (Å²) in [5.41, 5.74) is 7.57. The van der Waals surface area contributed by atoms with Crippen molar-refractivity contribution in [1.29, 1.82) is 0 Å². The third-order valence-corrected chi connectivity index (χ3v) is 4.33. The number of benzene rings is 2. The molecular formula is C13H10Br3NO. The summed E-state index contributed by atoms with van der Waals surface area (Å²) in [5, 5.41) is 0. The largest absolute Gasteiger partial charge is 0.487 e. The zero-order valence-corrected chi connectivity index (χ0v) is 14.0. The summed E-state index contributed by atoms with van der Waals surface area (Å²) in [4.78, 5) is 0. The molecule has 0 heterocycles. The molecule has 0 aliphatic rings. The van der Waals surface area contributed by atoms with E-state index in [1.54, 1.807) is 0 Å². The first-order valence-electron chi connectivity index (χ1n) is 5.18. The van der Waals surface area contributed by atoms with Gasteiger partial charge in [0.25, 0.3) is 0 Å². The quantitative estimate of drug-likeness (QED) is 0.678.